The van der Waals surface area contributed by atoms with Crippen LogP contribution in [0.15, 0.2) is 72.8 Å². The molecule has 2 aliphatic rings. The maximum Gasteiger partial charge on any atom is 0.0148 e. The monoisotopic (exact) mass is 641 g/mol. The molecule has 0 amide bonds. The molecule has 4 rings (SSSR count). The van der Waals surface area contributed by atoms with Crippen LogP contribution in [0.3, 0.4) is 0 Å². The van der Waals surface area contributed by atoms with E-state index in [0.29, 0.717) is 5.41 Å². The molecule has 0 bridgehead atoms. The molecule has 4 atom stereocenters. The summed E-state index contributed by atoms with van der Waals surface area (Å²) in [5.41, 5.74) is 11.0. The Morgan fingerprint density at radius 2 is 1.63 bits per heavy atom. The van der Waals surface area contributed by atoms with Crippen molar-refractivity contribution in [2.75, 3.05) is 12.3 Å². The first-order valence-electron chi connectivity index (χ1n) is 18.9. The zero-order valence-corrected chi connectivity index (χ0v) is 32.1. The van der Waals surface area contributed by atoms with E-state index in [1.807, 2.05) is 0 Å². The van der Waals surface area contributed by atoms with Crippen LogP contribution in [0.1, 0.15) is 147 Å². The molecule has 0 N–H and O–H groups in total. The number of allylic oxidation sites excluding steroid dienone is 3. The molecule has 0 nitrogen and oxygen atoms in total. The molecule has 0 fully saturated rings. The predicted octanol–water partition coefficient (Wildman–Crippen LogP) is 13.7. The van der Waals surface area contributed by atoms with Crippen molar-refractivity contribution < 1.29 is 0 Å². The molecule has 0 spiro atoms. The smallest absolute Gasteiger partial charge is 0.0148 e. The summed E-state index contributed by atoms with van der Waals surface area (Å²) in [5, 5.41) is 0. The van der Waals surface area contributed by atoms with Gasteiger partial charge < -0.3 is 0 Å². The second-order valence-corrected chi connectivity index (χ2v) is 17.0. The third-order valence-corrected chi connectivity index (χ3v) is 12.4. The van der Waals surface area contributed by atoms with Gasteiger partial charge in [-0.05, 0) is 116 Å². The van der Waals surface area contributed by atoms with Crippen LogP contribution >= 0.6 is 8.58 Å². The van der Waals surface area contributed by atoms with Crippen LogP contribution in [0.25, 0.3) is 6.08 Å². The summed E-state index contributed by atoms with van der Waals surface area (Å²) in [6.45, 7) is 25.0. The average molecular weight is 641 g/mol. The van der Waals surface area contributed by atoms with Crippen molar-refractivity contribution in [3.05, 3.63) is 101 Å². The molecule has 2 aromatic carbocycles. The molecule has 46 heavy (non-hydrogen) atoms. The van der Waals surface area contributed by atoms with E-state index in [2.05, 4.69) is 116 Å². The Morgan fingerprint density at radius 1 is 0.935 bits per heavy atom. The lowest BCUT2D eigenvalue weighted by molar-refractivity contribution is 0.108. The summed E-state index contributed by atoms with van der Waals surface area (Å²) in [6.07, 6.45) is 25.8. The normalized spacial score (nSPS) is 20.7. The van der Waals surface area contributed by atoms with Gasteiger partial charge in [0.1, 0.15) is 0 Å². The van der Waals surface area contributed by atoms with E-state index in [4.69, 9.17) is 0 Å². The standard InChI is InChI=1S/C25H36.C20H33P/c1-7-9-10-11-19-14-20(8-2)23-21(15-19)17-24(4,5)22-13-12-18(3)16-25(22,23)6;1-4-5-6-7-11-14-20(18(2)3)17-21-16-15-19-12-9-8-10-13-19/h8,14-16,22H,2,7,9-13,17H2,1,3-6H3;8-10,12-13,20-21H,2,4-7,11,14-17H2,1,3H3/t22?,25-;/m1./s1. The van der Waals surface area contributed by atoms with Gasteiger partial charge in [0.15, 0.2) is 0 Å². The number of rotatable bonds is 17. The van der Waals surface area contributed by atoms with Gasteiger partial charge >= 0.3 is 0 Å². The van der Waals surface area contributed by atoms with Crippen LogP contribution in [0.4, 0.5) is 0 Å². The van der Waals surface area contributed by atoms with E-state index >= 15 is 0 Å². The maximum absolute atomic E-state index is 4.21. The van der Waals surface area contributed by atoms with Crippen LogP contribution < -0.4 is 0 Å². The first kappa shape index (κ1) is 38.5. The van der Waals surface area contributed by atoms with Crippen molar-refractivity contribution in [2.24, 2.45) is 17.3 Å². The summed E-state index contributed by atoms with van der Waals surface area (Å²) in [6, 6.07) is 15.8. The highest BCUT2D eigenvalue weighted by molar-refractivity contribution is 7.38. The lowest BCUT2D eigenvalue weighted by atomic mass is 9.50. The minimum Gasteiger partial charge on any atom is -0.121 e. The minimum absolute atomic E-state index is 0.158. The van der Waals surface area contributed by atoms with Gasteiger partial charge in [-0.3, -0.25) is 0 Å². The summed E-state index contributed by atoms with van der Waals surface area (Å²) in [4.78, 5) is 0. The van der Waals surface area contributed by atoms with Gasteiger partial charge in [-0.15, -0.1) is 8.58 Å². The number of fused-ring (bicyclic) bond motifs is 3. The summed E-state index contributed by atoms with van der Waals surface area (Å²) in [5.74, 6) is 1.49. The van der Waals surface area contributed by atoms with Gasteiger partial charge in [0.2, 0.25) is 0 Å². The van der Waals surface area contributed by atoms with Crippen LogP contribution in [-0.2, 0) is 24.7 Å². The molecule has 2 aromatic rings. The molecule has 1 heteroatoms. The fourth-order valence-electron chi connectivity index (χ4n) is 8.57. The van der Waals surface area contributed by atoms with E-state index in [-0.39, 0.29) is 5.41 Å². The first-order valence-corrected chi connectivity index (χ1v) is 20.3. The second-order valence-electron chi connectivity index (χ2n) is 15.6. The van der Waals surface area contributed by atoms with Gasteiger partial charge in [0, 0.05) is 5.41 Å². The average Bonchev–Trinajstić information content (AvgIpc) is 3.01. The predicted molar refractivity (Wildman–Crippen MR) is 211 cm³/mol. The topological polar surface area (TPSA) is 0 Å². The lowest BCUT2D eigenvalue weighted by Crippen LogP contribution is -2.48. The van der Waals surface area contributed by atoms with Crippen LogP contribution in [0, 0.1) is 17.3 Å². The molecule has 0 heterocycles. The molecule has 0 aliphatic heterocycles. The Kier molecular flexibility index (Phi) is 16.1. The Bertz CT molecular complexity index is 1250. The molecule has 3 unspecified atom stereocenters. The highest BCUT2D eigenvalue weighted by Gasteiger charge is 2.50. The van der Waals surface area contributed by atoms with Gasteiger partial charge in [0.05, 0.1) is 0 Å². The van der Waals surface area contributed by atoms with Crippen molar-refractivity contribution in [2.45, 2.75) is 144 Å². The Hall–Kier alpha value is -1.91. The van der Waals surface area contributed by atoms with Gasteiger partial charge in [-0.2, -0.15) is 0 Å². The maximum atomic E-state index is 4.21. The van der Waals surface area contributed by atoms with E-state index in [9.17, 15) is 0 Å². The fraction of sp³-hybridized carbons (Fsp3) is 0.600. The summed E-state index contributed by atoms with van der Waals surface area (Å²) >= 11 is 0. The number of benzene rings is 2. The number of hydrogen-bond acceptors (Lipinski definition) is 0. The highest BCUT2D eigenvalue weighted by atomic mass is 31.1. The van der Waals surface area contributed by atoms with Crippen molar-refractivity contribution in [1.82, 2.24) is 0 Å². The molecular weight excluding hydrogens is 571 g/mol. The van der Waals surface area contributed by atoms with E-state index in [1.165, 1.54) is 124 Å². The number of hydrogen-bond donors (Lipinski definition) is 0. The Morgan fingerprint density at radius 3 is 2.30 bits per heavy atom. The molecule has 0 saturated heterocycles. The second kappa shape index (κ2) is 19.2. The quantitative estimate of drug-likeness (QED) is 0.0917. The van der Waals surface area contributed by atoms with E-state index in [1.54, 1.807) is 16.7 Å². The molecule has 2 aliphatic carbocycles. The molecule has 0 saturated carbocycles. The minimum atomic E-state index is 0.158. The van der Waals surface area contributed by atoms with Gasteiger partial charge in [0.25, 0.3) is 0 Å². The number of unbranched alkanes of at least 4 members (excludes halogenated alkanes) is 6. The van der Waals surface area contributed by atoms with Crippen LogP contribution in [-0.4, -0.2) is 12.3 Å². The Labute approximate surface area is 287 Å². The molecular formula is C45H69P. The van der Waals surface area contributed by atoms with Crippen molar-refractivity contribution in [1.29, 1.82) is 0 Å². The van der Waals surface area contributed by atoms with Crippen molar-refractivity contribution >= 4 is 14.7 Å². The SMILES string of the molecule is C=C(C)C(CCCCCCC)CPCCc1ccccc1.C=Cc1cc(CCCCC)cc2c1[C@]1(C)C=C(C)CCC1C(C)(C)C2. The van der Waals surface area contributed by atoms with E-state index < -0.39 is 0 Å². The van der Waals surface area contributed by atoms with Crippen molar-refractivity contribution in [3.63, 3.8) is 0 Å². The fourth-order valence-corrected chi connectivity index (χ4v) is 10.1. The van der Waals surface area contributed by atoms with Crippen molar-refractivity contribution in [3.8, 4) is 0 Å². The summed E-state index contributed by atoms with van der Waals surface area (Å²) < 4.78 is 0. The lowest BCUT2D eigenvalue weighted by Gasteiger charge is -2.53. The Balaban J connectivity index is 0.000000255. The third kappa shape index (κ3) is 11.1. The third-order valence-electron chi connectivity index (χ3n) is 11.0. The van der Waals surface area contributed by atoms with Crippen LogP contribution in [0.5, 0.6) is 0 Å². The molecule has 0 aromatic heterocycles. The van der Waals surface area contributed by atoms with Crippen LogP contribution in [0.2, 0.25) is 0 Å². The van der Waals surface area contributed by atoms with Gasteiger partial charge in [-0.25, -0.2) is 0 Å². The van der Waals surface area contributed by atoms with E-state index in [0.717, 1.165) is 20.4 Å². The largest absolute Gasteiger partial charge is 0.121 e. The zero-order chi connectivity index (χ0) is 33.6. The first-order chi connectivity index (χ1) is 22.1. The molecule has 254 valence electrons. The number of aryl methyl sites for hydroxylation is 2. The van der Waals surface area contributed by atoms with Gasteiger partial charge in [-0.1, -0.05) is 158 Å². The summed E-state index contributed by atoms with van der Waals surface area (Å²) in [7, 11) is 1.08. The highest BCUT2D eigenvalue weighted by Crippen LogP contribution is 2.56. The zero-order valence-electron chi connectivity index (χ0n) is 31.1. The molecule has 0 radical (unpaired) electrons.